The predicted molar refractivity (Wildman–Crippen MR) is 64.8 cm³/mol. The summed E-state index contributed by atoms with van der Waals surface area (Å²) in [5, 5.41) is 11.2. The minimum atomic E-state index is -0.721. The molecule has 0 amide bonds. The Balaban J connectivity index is 3.42. The standard InChI is InChI=1S/C9H7Br2NO4/c1-16-9(13)6-2-5(4-10)7(11)3-8(6)12(14)15/h2-3H,4H2,1H3. The van der Waals surface area contributed by atoms with Crippen molar-refractivity contribution in [2.75, 3.05) is 7.11 Å². The average molecular weight is 353 g/mol. The molecule has 0 aliphatic heterocycles. The third kappa shape index (κ3) is 2.59. The van der Waals surface area contributed by atoms with Gasteiger partial charge in [0.1, 0.15) is 5.56 Å². The Morgan fingerprint density at radius 1 is 1.56 bits per heavy atom. The molecule has 0 heterocycles. The van der Waals surface area contributed by atoms with Crippen molar-refractivity contribution in [1.29, 1.82) is 0 Å². The number of nitro groups is 1. The Bertz CT molecular complexity index is 447. The second-order valence-corrected chi connectivity index (χ2v) is 4.26. The lowest BCUT2D eigenvalue weighted by molar-refractivity contribution is -0.385. The maximum atomic E-state index is 11.4. The van der Waals surface area contributed by atoms with Gasteiger partial charge in [0, 0.05) is 15.9 Å². The van der Waals surface area contributed by atoms with E-state index in [0.717, 1.165) is 5.56 Å². The number of hydrogen-bond acceptors (Lipinski definition) is 4. The molecular weight excluding hydrogens is 346 g/mol. The molecule has 0 atom stereocenters. The number of carbonyl (C=O) groups is 1. The van der Waals surface area contributed by atoms with Crippen LogP contribution in [0.2, 0.25) is 0 Å². The Labute approximate surface area is 108 Å². The van der Waals surface area contributed by atoms with E-state index in [1.54, 1.807) is 0 Å². The van der Waals surface area contributed by atoms with Crippen LogP contribution in [0.1, 0.15) is 15.9 Å². The summed E-state index contributed by atoms with van der Waals surface area (Å²) in [5.41, 5.74) is 0.416. The van der Waals surface area contributed by atoms with Gasteiger partial charge in [0.25, 0.3) is 5.69 Å². The van der Waals surface area contributed by atoms with Crippen molar-refractivity contribution in [2.24, 2.45) is 0 Å². The number of ether oxygens (including phenoxy) is 1. The largest absolute Gasteiger partial charge is 0.465 e. The van der Waals surface area contributed by atoms with Crippen LogP contribution in [-0.2, 0) is 10.1 Å². The number of esters is 1. The number of nitrogens with zero attached hydrogens (tertiary/aromatic N) is 1. The topological polar surface area (TPSA) is 69.4 Å². The van der Waals surface area contributed by atoms with Crippen molar-refractivity contribution < 1.29 is 14.5 Å². The highest BCUT2D eigenvalue weighted by Crippen LogP contribution is 2.29. The van der Waals surface area contributed by atoms with Gasteiger partial charge in [-0.15, -0.1) is 0 Å². The molecule has 1 aromatic carbocycles. The molecule has 0 aliphatic carbocycles. The van der Waals surface area contributed by atoms with E-state index in [1.165, 1.54) is 19.2 Å². The van der Waals surface area contributed by atoms with Gasteiger partial charge in [0.05, 0.1) is 12.0 Å². The number of rotatable bonds is 3. The fraction of sp³-hybridized carbons (Fsp3) is 0.222. The lowest BCUT2D eigenvalue weighted by Gasteiger charge is -2.05. The molecule has 0 unspecified atom stereocenters. The quantitative estimate of drug-likeness (QED) is 0.363. The van der Waals surface area contributed by atoms with Gasteiger partial charge in [0.15, 0.2) is 0 Å². The van der Waals surface area contributed by atoms with Crippen LogP contribution in [0.15, 0.2) is 16.6 Å². The van der Waals surface area contributed by atoms with E-state index >= 15 is 0 Å². The van der Waals surface area contributed by atoms with Gasteiger partial charge in [-0.2, -0.15) is 0 Å². The molecular formula is C9H7Br2NO4. The number of nitro benzene ring substituents is 1. The van der Waals surface area contributed by atoms with Crippen molar-refractivity contribution in [3.8, 4) is 0 Å². The van der Waals surface area contributed by atoms with Crippen LogP contribution in [0.3, 0.4) is 0 Å². The predicted octanol–water partition coefficient (Wildman–Crippen LogP) is 3.04. The lowest BCUT2D eigenvalue weighted by Crippen LogP contribution is -2.06. The van der Waals surface area contributed by atoms with Gasteiger partial charge >= 0.3 is 5.97 Å². The maximum absolute atomic E-state index is 11.4. The third-order valence-electron chi connectivity index (χ3n) is 1.91. The second kappa shape index (κ2) is 5.40. The average Bonchev–Trinajstić information content (AvgIpc) is 2.27. The summed E-state index contributed by atoms with van der Waals surface area (Å²) in [6.07, 6.45) is 0. The van der Waals surface area contributed by atoms with Crippen molar-refractivity contribution in [3.63, 3.8) is 0 Å². The van der Waals surface area contributed by atoms with E-state index in [0.29, 0.717) is 9.80 Å². The summed E-state index contributed by atoms with van der Waals surface area (Å²) in [4.78, 5) is 21.5. The van der Waals surface area contributed by atoms with Crippen molar-refractivity contribution in [2.45, 2.75) is 5.33 Å². The van der Waals surface area contributed by atoms with Gasteiger partial charge in [-0.25, -0.2) is 4.79 Å². The summed E-state index contributed by atoms with van der Waals surface area (Å²) in [6.45, 7) is 0. The summed E-state index contributed by atoms with van der Waals surface area (Å²) < 4.78 is 5.07. The number of benzene rings is 1. The van der Waals surface area contributed by atoms with Crippen LogP contribution in [0.5, 0.6) is 0 Å². The van der Waals surface area contributed by atoms with Gasteiger partial charge in [-0.05, 0) is 11.6 Å². The molecule has 7 heteroatoms. The van der Waals surface area contributed by atoms with Crippen LogP contribution in [0.4, 0.5) is 5.69 Å². The first-order valence-electron chi connectivity index (χ1n) is 4.12. The highest BCUT2D eigenvalue weighted by atomic mass is 79.9. The Kier molecular flexibility index (Phi) is 4.43. The second-order valence-electron chi connectivity index (χ2n) is 2.84. The van der Waals surface area contributed by atoms with Crippen LogP contribution in [0, 0.1) is 10.1 Å². The van der Waals surface area contributed by atoms with Crippen LogP contribution in [-0.4, -0.2) is 18.0 Å². The summed E-state index contributed by atoms with van der Waals surface area (Å²) in [5.74, 6) is -0.721. The Morgan fingerprint density at radius 3 is 2.62 bits per heavy atom. The van der Waals surface area contributed by atoms with Gasteiger partial charge in [-0.1, -0.05) is 31.9 Å². The van der Waals surface area contributed by atoms with E-state index < -0.39 is 10.9 Å². The molecule has 0 aliphatic rings. The molecule has 0 saturated heterocycles. The zero-order chi connectivity index (χ0) is 12.3. The minimum Gasteiger partial charge on any atom is -0.465 e. The van der Waals surface area contributed by atoms with Crippen LogP contribution < -0.4 is 0 Å². The van der Waals surface area contributed by atoms with Crippen molar-refractivity contribution in [1.82, 2.24) is 0 Å². The number of hydrogen-bond donors (Lipinski definition) is 0. The summed E-state index contributed by atoms with van der Waals surface area (Å²) in [7, 11) is 1.18. The normalized spacial score (nSPS) is 9.94. The molecule has 0 saturated carbocycles. The highest BCUT2D eigenvalue weighted by molar-refractivity contribution is 9.10. The molecule has 86 valence electrons. The number of alkyl halides is 1. The first kappa shape index (κ1) is 13.1. The molecule has 0 fully saturated rings. The minimum absolute atomic E-state index is 0.0508. The number of methoxy groups -OCH3 is 1. The van der Waals surface area contributed by atoms with E-state index in [4.69, 9.17) is 0 Å². The zero-order valence-corrected chi connectivity index (χ0v) is 11.4. The molecule has 1 rings (SSSR count). The molecule has 0 spiro atoms. The molecule has 5 nitrogen and oxygen atoms in total. The van der Waals surface area contributed by atoms with E-state index in [9.17, 15) is 14.9 Å². The maximum Gasteiger partial charge on any atom is 0.344 e. The highest BCUT2D eigenvalue weighted by Gasteiger charge is 2.22. The molecule has 16 heavy (non-hydrogen) atoms. The fourth-order valence-electron chi connectivity index (χ4n) is 1.13. The van der Waals surface area contributed by atoms with Gasteiger partial charge < -0.3 is 4.74 Å². The lowest BCUT2D eigenvalue weighted by atomic mass is 10.1. The SMILES string of the molecule is COC(=O)c1cc(CBr)c(Br)cc1[N+](=O)[O-]. The Morgan fingerprint density at radius 2 is 2.19 bits per heavy atom. The first-order chi connectivity index (χ1) is 7.51. The molecule has 0 radical (unpaired) electrons. The summed E-state index contributed by atoms with van der Waals surface area (Å²) >= 11 is 6.42. The van der Waals surface area contributed by atoms with Gasteiger partial charge in [-0.3, -0.25) is 10.1 Å². The zero-order valence-electron chi connectivity index (χ0n) is 8.20. The Hall–Kier alpha value is -0.950. The van der Waals surface area contributed by atoms with E-state index in [2.05, 4.69) is 36.6 Å². The monoisotopic (exact) mass is 351 g/mol. The number of carbonyl (C=O) groups excluding carboxylic acids is 1. The summed E-state index contributed by atoms with van der Waals surface area (Å²) in [6, 6.07) is 2.73. The van der Waals surface area contributed by atoms with Crippen LogP contribution >= 0.6 is 31.9 Å². The van der Waals surface area contributed by atoms with Crippen LogP contribution in [0.25, 0.3) is 0 Å². The molecule has 0 N–H and O–H groups in total. The smallest absolute Gasteiger partial charge is 0.344 e. The number of halogens is 2. The van der Waals surface area contributed by atoms with Crippen molar-refractivity contribution in [3.05, 3.63) is 37.8 Å². The third-order valence-corrected chi connectivity index (χ3v) is 3.25. The van der Waals surface area contributed by atoms with Crippen molar-refractivity contribution >= 4 is 43.5 Å². The van der Waals surface area contributed by atoms with E-state index in [-0.39, 0.29) is 11.3 Å². The fourth-order valence-corrected chi connectivity index (χ4v) is 2.45. The molecule has 1 aromatic rings. The first-order valence-corrected chi connectivity index (χ1v) is 6.03. The molecule has 0 aromatic heterocycles. The molecule has 0 bridgehead atoms. The van der Waals surface area contributed by atoms with Gasteiger partial charge in [0.2, 0.25) is 0 Å². The van der Waals surface area contributed by atoms with E-state index in [1.807, 2.05) is 0 Å².